The summed E-state index contributed by atoms with van der Waals surface area (Å²) in [6.07, 6.45) is 2.48. The van der Waals surface area contributed by atoms with E-state index in [9.17, 15) is 0 Å². The average molecular weight is 270 g/mol. The second kappa shape index (κ2) is 4.54. The normalized spacial score (nSPS) is 20.6. The SMILES string of the molecule is COc1cc(C2CCCN2)cc(Br)c1C. The van der Waals surface area contributed by atoms with Crippen molar-refractivity contribution in [1.29, 1.82) is 0 Å². The van der Waals surface area contributed by atoms with Gasteiger partial charge in [0.1, 0.15) is 5.75 Å². The summed E-state index contributed by atoms with van der Waals surface area (Å²) in [7, 11) is 1.72. The molecule has 82 valence electrons. The molecule has 1 fully saturated rings. The first-order valence-electron chi connectivity index (χ1n) is 5.30. The van der Waals surface area contributed by atoms with Crippen LogP contribution in [0.4, 0.5) is 0 Å². The third-order valence-corrected chi connectivity index (χ3v) is 3.83. The molecule has 1 heterocycles. The second-order valence-corrected chi connectivity index (χ2v) is 4.83. The standard InChI is InChI=1S/C12H16BrNO/c1-8-10(13)6-9(7-12(8)15-2)11-4-3-5-14-11/h6-7,11,14H,3-5H2,1-2H3. The van der Waals surface area contributed by atoms with Gasteiger partial charge in [0.05, 0.1) is 7.11 Å². The number of hydrogen-bond acceptors (Lipinski definition) is 2. The van der Waals surface area contributed by atoms with E-state index in [1.165, 1.54) is 24.0 Å². The van der Waals surface area contributed by atoms with E-state index in [0.717, 1.165) is 16.8 Å². The highest BCUT2D eigenvalue weighted by Crippen LogP contribution is 2.33. The van der Waals surface area contributed by atoms with Crippen molar-refractivity contribution in [1.82, 2.24) is 5.32 Å². The zero-order valence-corrected chi connectivity index (χ0v) is 10.7. The summed E-state index contributed by atoms with van der Waals surface area (Å²) in [6.45, 7) is 3.19. The summed E-state index contributed by atoms with van der Waals surface area (Å²) < 4.78 is 6.50. The number of hydrogen-bond donors (Lipinski definition) is 1. The van der Waals surface area contributed by atoms with Gasteiger partial charge >= 0.3 is 0 Å². The number of ether oxygens (including phenoxy) is 1. The van der Waals surface area contributed by atoms with Crippen molar-refractivity contribution in [2.45, 2.75) is 25.8 Å². The van der Waals surface area contributed by atoms with Gasteiger partial charge in [0, 0.05) is 16.1 Å². The van der Waals surface area contributed by atoms with E-state index in [0.29, 0.717) is 6.04 Å². The van der Waals surface area contributed by atoms with Crippen molar-refractivity contribution in [2.75, 3.05) is 13.7 Å². The fourth-order valence-electron chi connectivity index (χ4n) is 2.06. The highest BCUT2D eigenvalue weighted by atomic mass is 79.9. The van der Waals surface area contributed by atoms with Crippen LogP contribution in [-0.2, 0) is 0 Å². The minimum atomic E-state index is 0.496. The zero-order valence-electron chi connectivity index (χ0n) is 9.14. The van der Waals surface area contributed by atoms with Crippen LogP contribution in [0.15, 0.2) is 16.6 Å². The van der Waals surface area contributed by atoms with E-state index in [1.54, 1.807) is 7.11 Å². The molecule has 0 saturated carbocycles. The van der Waals surface area contributed by atoms with Gasteiger partial charge in [-0.3, -0.25) is 0 Å². The van der Waals surface area contributed by atoms with Crippen LogP contribution >= 0.6 is 15.9 Å². The van der Waals surface area contributed by atoms with Crippen LogP contribution < -0.4 is 10.1 Å². The minimum absolute atomic E-state index is 0.496. The van der Waals surface area contributed by atoms with Gasteiger partial charge in [-0.15, -0.1) is 0 Å². The largest absolute Gasteiger partial charge is 0.496 e. The molecule has 0 aliphatic carbocycles. The molecule has 2 nitrogen and oxygen atoms in total. The van der Waals surface area contributed by atoms with E-state index < -0.39 is 0 Å². The maximum atomic E-state index is 5.37. The summed E-state index contributed by atoms with van der Waals surface area (Å²) in [5.41, 5.74) is 2.49. The highest BCUT2D eigenvalue weighted by Gasteiger charge is 2.18. The van der Waals surface area contributed by atoms with E-state index >= 15 is 0 Å². The number of halogens is 1. The molecule has 0 amide bonds. The molecule has 1 aliphatic rings. The van der Waals surface area contributed by atoms with Crippen molar-refractivity contribution in [3.63, 3.8) is 0 Å². The molecule has 1 aromatic carbocycles. The number of benzene rings is 1. The molecule has 3 heteroatoms. The van der Waals surface area contributed by atoms with Gasteiger partial charge in [0.2, 0.25) is 0 Å². The van der Waals surface area contributed by atoms with Gasteiger partial charge < -0.3 is 10.1 Å². The molecule has 1 unspecified atom stereocenters. The molecule has 0 bridgehead atoms. The zero-order chi connectivity index (χ0) is 10.8. The van der Waals surface area contributed by atoms with E-state index in [4.69, 9.17) is 4.74 Å². The van der Waals surface area contributed by atoms with Crippen LogP contribution in [0.3, 0.4) is 0 Å². The third kappa shape index (κ3) is 2.18. The predicted octanol–water partition coefficient (Wildman–Crippen LogP) is 3.19. The smallest absolute Gasteiger partial charge is 0.123 e. The van der Waals surface area contributed by atoms with Crippen LogP contribution in [-0.4, -0.2) is 13.7 Å². The van der Waals surface area contributed by atoms with Gasteiger partial charge in [-0.2, -0.15) is 0 Å². The second-order valence-electron chi connectivity index (χ2n) is 3.98. The quantitative estimate of drug-likeness (QED) is 0.891. The van der Waals surface area contributed by atoms with Crippen molar-refractivity contribution < 1.29 is 4.74 Å². The first-order valence-corrected chi connectivity index (χ1v) is 6.09. The lowest BCUT2D eigenvalue weighted by Gasteiger charge is -2.15. The predicted molar refractivity (Wildman–Crippen MR) is 65.4 cm³/mol. The Morgan fingerprint density at radius 2 is 2.27 bits per heavy atom. The Morgan fingerprint density at radius 1 is 1.47 bits per heavy atom. The topological polar surface area (TPSA) is 21.3 Å². The number of methoxy groups -OCH3 is 1. The lowest BCUT2D eigenvalue weighted by Crippen LogP contribution is -2.13. The van der Waals surface area contributed by atoms with Crippen molar-refractivity contribution in [2.24, 2.45) is 0 Å². The van der Waals surface area contributed by atoms with E-state index in [1.807, 2.05) is 0 Å². The molecule has 1 saturated heterocycles. The molecule has 2 rings (SSSR count). The molecule has 0 spiro atoms. The first kappa shape index (κ1) is 11.0. The van der Waals surface area contributed by atoms with E-state index in [2.05, 4.69) is 40.3 Å². The van der Waals surface area contributed by atoms with Crippen LogP contribution in [0.25, 0.3) is 0 Å². The van der Waals surface area contributed by atoms with Crippen LogP contribution in [0.5, 0.6) is 5.75 Å². The van der Waals surface area contributed by atoms with Crippen molar-refractivity contribution >= 4 is 15.9 Å². The molecule has 1 aliphatic heterocycles. The Balaban J connectivity index is 2.35. The average Bonchev–Trinajstić information content (AvgIpc) is 2.75. The van der Waals surface area contributed by atoms with Crippen molar-refractivity contribution in [3.8, 4) is 5.75 Å². The fraction of sp³-hybridized carbons (Fsp3) is 0.500. The summed E-state index contributed by atoms with van der Waals surface area (Å²) >= 11 is 3.58. The Hall–Kier alpha value is -0.540. The molecule has 15 heavy (non-hydrogen) atoms. The van der Waals surface area contributed by atoms with E-state index in [-0.39, 0.29) is 0 Å². The van der Waals surface area contributed by atoms with Gasteiger partial charge in [0.25, 0.3) is 0 Å². The van der Waals surface area contributed by atoms with Crippen molar-refractivity contribution in [3.05, 3.63) is 27.7 Å². The molecule has 0 aromatic heterocycles. The van der Waals surface area contributed by atoms with Crippen LogP contribution in [0.1, 0.15) is 30.0 Å². The van der Waals surface area contributed by atoms with Gasteiger partial charge in [-0.05, 0) is 44.0 Å². The Morgan fingerprint density at radius 3 is 2.87 bits per heavy atom. The summed E-state index contributed by atoms with van der Waals surface area (Å²) in [4.78, 5) is 0. The minimum Gasteiger partial charge on any atom is -0.496 e. The Bertz CT molecular complexity index is 359. The monoisotopic (exact) mass is 269 g/mol. The van der Waals surface area contributed by atoms with Gasteiger partial charge in [-0.25, -0.2) is 0 Å². The molecule has 1 aromatic rings. The Kier molecular flexibility index (Phi) is 3.32. The van der Waals surface area contributed by atoms with Gasteiger partial charge in [0.15, 0.2) is 0 Å². The van der Waals surface area contributed by atoms with Gasteiger partial charge in [-0.1, -0.05) is 15.9 Å². The van der Waals surface area contributed by atoms with Crippen LogP contribution in [0.2, 0.25) is 0 Å². The maximum absolute atomic E-state index is 5.37. The summed E-state index contributed by atoms with van der Waals surface area (Å²) in [5, 5.41) is 3.49. The highest BCUT2D eigenvalue weighted by molar-refractivity contribution is 9.10. The lowest BCUT2D eigenvalue weighted by atomic mass is 10.0. The lowest BCUT2D eigenvalue weighted by molar-refractivity contribution is 0.410. The molecular weight excluding hydrogens is 254 g/mol. The maximum Gasteiger partial charge on any atom is 0.123 e. The first-order chi connectivity index (χ1) is 7.22. The molecule has 0 radical (unpaired) electrons. The number of nitrogens with one attached hydrogen (secondary N) is 1. The van der Waals surface area contributed by atoms with Crippen LogP contribution in [0, 0.1) is 6.92 Å². The third-order valence-electron chi connectivity index (χ3n) is 3.00. The Labute approximate surface area is 99.1 Å². The summed E-state index contributed by atoms with van der Waals surface area (Å²) in [5.74, 6) is 0.966. The number of rotatable bonds is 2. The molecular formula is C12H16BrNO. The molecule has 1 N–H and O–H groups in total. The molecule has 1 atom stereocenters. The fourth-order valence-corrected chi connectivity index (χ4v) is 2.52. The summed E-state index contributed by atoms with van der Waals surface area (Å²) in [6, 6.07) is 4.83.